The molecule has 0 N–H and O–H groups in total. The molecule has 0 atom stereocenters. The first-order valence-electron chi connectivity index (χ1n) is 10.6. The zero-order chi connectivity index (χ0) is 23.6. The van der Waals surface area contributed by atoms with Crippen LogP contribution in [0.4, 0.5) is 17.1 Å². The normalized spacial score (nSPS) is 13.1. The van der Waals surface area contributed by atoms with Gasteiger partial charge in [0.05, 0.1) is 0 Å². The van der Waals surface area contributed by atoms with E-state index >= 15 is 0 Å². The van der Waals surface area contributed by atoms with Gasteiger partial charge in [0.25, 0.3) is 0 Å². The molecular weight excluding hydrogens is 477 g/mol. The minimum atomic E-state index is -0.560. The number of esters is 1. The molecule has 3 aromatic rings. The summed E-state index contributed by atoms with van der Waals surface area (Å²) in [6, 6.07) is 15.6. The minimum absolute atomic E-state index is 0.0823. The number of benzene rings is 2. The lowest BCUT2D eigenvalue weighted by molar-refractivity contribution is -0.152. The van der Waals surface area contributed by atoms with Gasteiger partial charge in [0.1, 0.15) is 12.1 Å². The van der Waals surface area contributed by atoms with Crippen molar-refractivity contribution < 1.29 is 9.53 Å². The van der Waals surface area contributed by atoms with Gasteiger partial charge in [0, 0.05) is 50.9 Å². The Bertz CT molecular complexity index is 1130. The number of hydrogen-bond acceptors (Lipinski definition) is 6. The van der Waals surface area contributed by atoms with E-state index in [0.29, 0.717) is 10.0 Å². The van der Waals surface area contributed by atoms with Crippen molar-refractivity contribution in [3.63, 3.8) is 0 Å². The van der Waals surface area contributed by atoms with Crippen LogP contribution in [-0.2, 0) is 16.0 Å². The Hall–Kier alpha value is -2.41. The molecule has 0 unspecified atom stereocenters. The summed E-state index contributed by atoms with van der Waals surface area (Å²) in [4.78, 5) is 19.9. The number of ether oxygens (including phenoxy) is 1. The average molecular weight is 502 g/mol. The van der Waals surface area contributed by atoms with Gasteiger partial charge in [-0.1, -0.05) is 23.2 Å². The van der Waals surface area contributed by atoms with Crippen LogP contribution in [0, 0.1) is 0 Å². The molecule has 4 rings (SSSR count). The number of aromatic nitrogens is 1. The first-order chi connectivity index (χ1) is 15.7. The Morgan fingerprint density at radius 3 is 2.45 bits per heavy atom. The summed E-state index contributed by atoms with van der Waals surface area (Å²) >= 11 is 13.8. The van der Waals surface area contributed by atoms with Gasteiger partial charge in [0.15, 0.2) is 0 Å². The summed E-state index contributed by atoms with van der Waals surface area (Å²) in [5.74, 6) is -0.304. The van der Waals surface area contributed by atoms with Gasteiger partial charge in [-0.05, 0) is 93.2 Å². The molecule has 0 fully saturated rings. The van der Waals surface area contributed by atoms with Crippen LogP contribution >= 0.6 is 35.1 Å². The molecular formula is C25H25Cl2N3O2S. The van der Waals surface area contributed by atoms with E-state index in [1.54, 1.807) is 18.5 Å². The molecule has 0 spiro atoms. The Kier molecular flexibility index (Phi) is 7.07. The van der Waals surface area contributed by atoms with E-state index in [2.05, 4.69) is 22.0 Å². The third-order valence-electron chi connectivity index (χ3n) is 4.97. The first-order valence-corrected chi connectivity index (χ1v) is 12.1. The lowest BCUT2D eigenvalue weighted by atomic mass is 10.1. The number of pyridine rings is 1. The average Bonchev–Trinajstić information content (AvgIpc) is 3.15. The summed E-state index contributed by atoms with van der Waals surface area (Å²) in [5, 5.41) is 1.09. The van der Waals surface area contributed by atoms with Crippen LogP contribution in [0.5, 0.6) is 0 Å². The van der Waals surface area contributed by atoms with Crippen molar-refractivity contribution in [2.45, 2.75) is 37.7 Å². The molecule has 8 heteroatoms. The highest BCUT2D eigenvalue weighted by Crippen LogP contribution is 2.39. The quantitative estimate of drug-likeness (QED) is 0.269. The summed E-state index contributed by atoms with van der Waals surface area (Å²) in [5.41, 5.74) is 3.86. The van der Waals surface area contributed by atoms with Crippen LogP contribution < -0.4 is 9.21 Å². The number of carbonyl (C=O) groups excluding carboxylic acids is 1. The molecule has 2 aromatic carbocycles. The number of fused-ring (bicyclic) bond motifs is 1. The zero-order valence-electron chi connectivity index (χ0n) is 18.7. The van der Waals surface area contributed by atoms with Crippen LogP contribution in [0.25, 0.3) is 0 Å². The fraction of sp³-hybridized carbons (Fsp3) is 0.280. The van der Waals surface area contributed by atoms with Gasteiger partial charge in [-0.3, -0.25) is 9.78 Å². The number of halogens is 2. The highest BCUT2D eigenvalue weighted by Gasteiger charge is 2.24. The SMILES string of the molecule is CC(C)(C)OC(=O)CN(Sc1cc(Cl)cc(Cl)c1)c1ccc2c(c1)CCN2c1ccncc1. The lowest BCUT2D eigenvalue weighted by Gasteiger charge is -2.26. The van der Waals surface area contributed by atoms with Crippen LogP contribution in [0.1, 0.15) is 26.3 Å². The molecule has 1 aromatic heterocycles. The number of nitrogens with zero attached hydrogens (tertiary/aromatic N) is 3. The molecule has 0 aliphatic carbocycles. The molecule has 1 aliphatic rings. The molecule has 0 saturated heterocycles. The second-order valence-corrected chi connectivity index (χ2v) is 10.7. The first kappa shape index (κ1) is 23.7. The number of rotatable bonds is 6. The summed E-state index contributed by atoms with van der Waals surface area (Å²) < 4.78 is 7.50. The van der Waals surface area contributed by atoms with E-state index in [1.807, 2.05) is 55.4 Å². The Balaban J connectivity index is 1.63. The van der Waals surface area contributed by atoms with Crippen molar-refractivity contribution in [2.75, 3.05) is 22.3 Å². The molecule has 0 bridgehead atoms. The van der Waals surface area contributed by atoms with Crippen molar-refractivity contribution in [1.29, 1.82) is 0 Å². The molecule has 2 heterocycles. The highest BCUT2D eigenvalue weighted by molar-refractivity contribution is 8.00. The second kappa shape index (κ2) is 9.84. The fourth-order valence-electron chi connectivity index (χ4n) is 3.71. The number of carbonyl (C=O) groups is 1. The third kappa shape index (κ3) is 6.14. The Morgan fingerprint density at radius 2 is 1.79 bits per heavy atom. The molecule has 172 valence electrons. The van der Waals surface area contributed by atoms with E-state index in [9.17, 15) is 4.79 Å². The fourth-order valence-corrected chi connectivity index (χ4v) is 5.37. The highest BCUT2D eigenvalue weighted by atomic mass is 35.5. The van der Waals surface area contributed by atoms with Crippen molar-refractivity contribution in [2.24, 2.45) is 0 Å². The lowest BCUT2D eigenvalue weighted by Crippen LogP contribution is -2.31. The summed E-state index contributed by atoms with van der Waals surface area (Å²) in [6.07, 6.45) is 4.52. The molecule has 5 nitrogen and oxygen atoms in total. The number of anilines is 3. The third-order valence-corrected chi connectivity index (χ3v) is 6.41. The summed E-state index contributed by atoms with van der Waals surface area (Å²) in [6.45, 7) is 6.57. The van der Waals surface area contributed by atoms with Crippen LogP contribution in [0.2, 0.25) is 10.0 Å². The van der Waals surface area contributed by atoms with Gasteiger partial charge in [0.2, 0.25) is 0 Å². The van der Waals surface area contributed by atoms with Gasteiger partial charge in [-0.15, -0.1) is 0 Å². The summed E-state index contributed by atoms with van der Waals surface area (Å²) in [7, 11) is 0. The molecule has 1 aliphatic heterocycles. The molecule has 0 saturated carbocycles. The monoisotopic (exact) mass is 501 g/mol. The Morgan fingerprint density at radius 1 is 1.09 bits per heavy atom. The van der Waals surface area contributed by atoms with Gasteiger partial charge in [-0.2, -0.15) is 0 Å². The largest absolute Gasteiger partial charge is 0.459 e. The van der Waals surface area contributed by atoms with Gasteiger partial charge < -0.3 is 13.9 Å². The molecule has 0 radical (unpaired) electrons. The predicted octanol–water partition coefficient (Wildman–Crippen LogP) is 6.94. The van der Waals surface area contributed by atoms with Crippen molar-refractivity contribution >= 4 is 58.2 Å². The zero-order valence-corrected chi connectivity index (χ0v) is 21.0. The molecule has 33 heavy (non-hydrogen) atoms. The van der Waals surface area contributed by atoms with E-state index in [-0.39, 0.29) is 12.5 Å². The van der Waals surface area contributed by atoms with E-state index in [0.717, 1.165) is 34.9 Å². The van der Waals surface area contributed by atoms with Gasteiger partial charge in [-0.25, -0.2) is 0 Å². The maximum atomic E-state index is 12.7. The maximum absolute atomic E-state index is 12.7. The van der Waals surface area contributed by atoms with Crippen LogP contribution in [0.15, 0.2) is 65.8 Å². The van der Waals surface area contributed by atoms with Crippen LogP contribution in [-0.4, -0.2) is 29.6 Å². The van der Waals surface area contributed by atoms with Gasteiger partial charge >= 0.3 is 5.97 Å². The molecule has 0 amide bonds. The Labute approximate surface area is 208 Å². The smallest absolute Gasteiger partial charge is 0.327 e. The number of hydrogen-bond donors (Lipinski definition) is 0. The van der Waals surface area contributed by atoms with Crippen LogP contribution in [0.3, 0.4) is 0 Å². The van der Waals surface area contributed by atoms with Crippen molar-refractivity contribution in [3.8, 4) is 0 Å². The minimum Gasteiger partial charge on any atom is -0.459 e. The van der Waals surface area contributed by atoms with Crippen molar-refractivity contribution in [1.82, 2.24) is 4.98 Å². The predicted molar refractivity (Wildman–Crippen MR) is 137 cm³/mol. The van der Waals surface area contributed by atoms with E-state index < -0.39 is 5.60 Å². The van der Waals surface area contributed by atoms with Crippen molar-refractivity contribution in [3.05, 3.63) is 76.5 Å². The standard InChI is InChI=1S/C25H25Cl2N3O2S/c1-25(2,3)32-24(31)16-30(33-22-14-18(26)13-19(27)15-22)21-4-5-23-17(12-21)8-11-29(23)20-6-9-28-10-7-20/h4-7,9-10,12-15H,8,11,16H2,1-3H3. The van der Waals surface area contributed by atoms with E-state index in [1.165, 1.54) is 17.5 Å². The topological polar surface area (TPSA) is 45.7 Å². The second-order valence-electron chi connectivity index (χ2n) is 8.74. The maximum Gasteiger partial charge on any atom is 0.327 e. The van der Waals surface area contributed by atoms with E-state index in [4.69, 9.17) is 27.9 Å².